The number of urea groups is 1. The summed E-state index contributed by atoms with van der Waals surface area (Å²) in [6.07, 6.45) is 0.754. The van der Waals surface area contributed by atoms with Crippen molar-refractivity contribution in [1.29, 1.82) is 0 Å². The molecule has 0 radical (unpaired) electrons. The van der Waals surface area contributed by atoms with E-state index in [2.05, 4.69) is 23.8 Å². The summed E-state index contributed by atoms with van der Waals surface area (Å²) in [5.74, 6) is 0.562. The zero-order valence-corrected chi connectivity index (χ0v) is 22.7. The molecule has 3 saturated heterocycles. The van der Waals surface area contributed by atoms with Crippen LogP contribution < -0.4 is 20.5 Å². The third-order valence-electron chi connectivity index (χ3n) is 8.23. The number of nitrogens with zero attached hydrogens (tertiary/aromatic N) is 4. The van der Waals surface area contributed by atoms with Gasteiger partial charge in [-0.2, -0.15) is 0 Å². The topological polar surface area (TPSA) is 110 Å². The lowest BCUT2D eigenvalue weighted by Gasteiger charge is -2.44. The van der Waals surface area contributed by atoms with E-state index in [4.69, 9.17) is 9.72 Å². The maximum atomic E-state index is 14.3. The van der Waals surface area contributed by atoms with E-state index in [-0.39, 0.29) is 18.5 Å². The van der Waals surface area contributed by atoms with Gasteiger partial charge in [-0.25, -0.2) is 14.2 Å². The summed E-state index contributed by atoms with van der Waals surface area (Å²) in [4.78, 5) is 36.6. The number of pyridine rings is 1. The zero-order valence-electron chi connectivity index (χ0n) is 22.7. The van der Waals surface area contributed by atoms with Crippen LogP contribution in [0, 0.1) is 5.82 Å². The van der Waals surface area contributed by atoms with E-state index in [0.29, 0.717) is 55.5 Å². The van der Waals surface area contributed by atoms with Gasteiger partial charge in [0.25, 0.3) is 5.91 Å². The van der Waals surface area contributed by atoms with Gasteiger partial charge in [0.1, 0.15) is 23.5 Å². The number of piperidine rings is 1. The van der Waals surface area contributed by atoms with Crippen LogP contribution in [0.1, 0.15) is 49.4 Å². The molecule has 3 fully saturated rings. The van der Waals surface area contributed by atoms with E-state index in [1.165, 1.54) is 31.7 Å². The highest BCUT2D eigenvalue weighted by atomic mass is 19.1. The Hall–Kier alpha value is -3.28. The van der Waals surface area contributed by atoms with Gasteiger partial charge in [0, 0.05) is 50.4 Å². The summed E-state index contributed by atoms with van der Waals surface area (Å²) in [6.45, 7) is 6.64. The Balaban J connectivity index is 1.46. The van der Waals surface area contributed by atoms with Crippen molar-refractivity contribution in [2.75, 3.05) is 44.7 Å². The number of anilines is 1. The number of methoxy groups -OCH3 is 1. The number of aromatic nitrogens is 1. The van der Waals surface area contributed by atoms with Crippen LogP contribution in [0.3, 0.4) is 0 Å². The van der Waals surface area contributed by atoms with Crippen molar-refractivity contribution in [1.82, 2.24) is 25.6 Å². The normalized spacial score (nSPS) is 20.2. The summed E-state index contributed by atoms with van der Waals surface area (Å²) >= 11 is 0. The number of carbonyl (C=O) groups excluding carboxylic acids is 2. The lowest BCUT2D eigenvalue weighted by molar-refractivity contribution is -0.141. The first kappa shape index (κ1) is 27.3. The molecule has 4 heterocycles. The van der Waals surface area contributed by atoms with E-state index >= 15 is 0 Å². The molecule has 5 rings (SSSR count). The highest BCUT2D eigenvalue weighted by Crippen LogP contribution is 2.40. The first-order valence-electron chi connectivity index (χ1n) is 13.6. The number of likely N-dealkylation sites (tertiary alicyclic amines) is 1. The van der Waals surface area contributed by atoms with Crippen LogP contribution in [0.15, 0.2) is 30.3 Å². The van der Waals surface area contributed by atoms with Crippen LogP contribution >= 0.6 is 0 Å². The molecule has 1 atom stereocenters. The monoisotopic (exact) mass is 540 g/mol. The molecule has 0 bridgehead atoms. The standard InChI is InChI=1S/C28H37FN6O4/c1-4-24-23(20-14-30-31-15-20)5-6-25(32-24)34-17-28(7-9-33(10-8-28)26(37)18(2)36)35(27(34)38)16-19-11-21(29)13-22(12-19)39-3/h5-6,11-13,18,20,30-31,36H,4,7-10,14-17H2,1-3H3. The number of hydrogen-bond donors (Lipinski definition) is 3. The predicted molar refractivity (Wildman–Crippen MR) is 144 cm³/mol. The van der Waals surface area contributed by atoms with Gasteiger partial charge in [-0.1, -0.05) is 13.0 Å². The van der Waals surface area contributed by atoms with Gasteiger partial charge in [-0.15, -0.1) is 0 Å². The Morgan fingerprint density at radius 1 is 1.23 bits per heavy atom. The maximum absolute atomic E-state index is 14.3. The highest BCUT2D eigenvalue weighted by Gasteiger charge is 2.52. The Morgan fingerprint density at radius 2 is 1.95 bits per heavy atom. The molecular formula is C28H37FN6O4. The molecule has 11 heteroatoms. The summed E-state index contributed by atoms with van der Waals surface area (Å²) in [7, 11) is 1.48. The first-order valence-corrected chi connectivity index (χ1v) is 13.6. The van der Waals surface area contributed by atoms with Gasteiger partial charge in [0.05, 0.1) is 19.2 Å². The number of carbonyl (C=O) groups is 2. The average Bonchev–Trinajstić information content (AvgIpc) is 3.56. The molecule has 0 saturated carbocycles. The molecule has 10 nitrogen and oxygen atoms in total. The molecule has 3 amide bonds. The second-order valence-corrected chi connectivity index (χ2v) is 10.7. The van der Waals surface area contributed by atoms with Crippen molar-refractivity contribution >= 4 is 17.8 Å². The summed E-state index contributed by atoms with van der Waals surface area (Å²) in [6, 6.07) is 8.27. The quantitative estimate of drug-likeness (QED) is 0.494. The average molecular weight is 541 g/mol. The van der Waals surface area contributed by atoms with Crippen LogP contribution in [0.5, 0.6) is 5.75 Å². The number of hydrogen-bond acceptors (Lipinski definition) is 7. The summed E-state index contributed by atoms with van der Waals surface area (Å²) < 4.78 is 19.6. The third-order valence-corrected chi connectivity index (χ3v) is 8.23. The van der Waals surface area contributed by atoms with Gasteiger partial charge >= 0.3 is 6.03 Å². The van der Waals surface area contributed by atoms with E-state index in [0.717, 1.165) is 25.2 Å². The van der Waals surface area contributed by atoms with Crippen molar-refractivity contribution in [3.05, 3.63) is 53.0 Å². The molecule has 2 aromatic rings. The predicted octanol–water partition coefficient (Wildman–Crippen LogP) is 2.17. The fraction of sp³-hybridized carbons (Fsp3) is 0.536. The number of aliphatic hydroxyl groups excluding tert-OH is 1. The smallest absolute Gasteiger partial charge is 0.326 e. The zero-order chi connectivity index (χ0) is 27.7. The van der Waals surface area contributed by atoms with Crippen molar-refractivity contribution in [3.8, 4) is 5.75 Å². The molecular weight excluding hydrogens is 503 g/mol. The van der Waals surface area contributed by atoms with E-state index in [9.17, 15) is 19.1 Å². The second-order valence-electron chi connectivity index (χ2n) is 10.7. The summed E-state index contributed by atoms with van der Waals surface area (Å²) in [5.41, 5.74) is 8.54. The molecule has 3 N–H and O–H groups in total. The minimum atomic E-state index is -1.07. The van der Waals surface area contributed by atoms with Gasteiger partial charge in [-0.3, -0.25) is 20.5 Å². The SMILES string of the molecule is CCc1nc(N2CC3(CCN(C(=O)C(C)O)CC3)N(Cc3cc(F)cc(OC)c3)C2=O)ccc1C1CNNC1. The lowest BCUT2D eigenvalue weighted by atomic mass is 9.86. The minimum Gasteiger partial charge on any atom is -0.497 e. The van der Waals surface area contributed by atoms with Crippen LogP contribution in [-0.2, 0) is 17.8 Å². The molecule has 1 aromatic carbocycles. The van der Waals surface area contributed by atoms with E-state index in [1.807, 2.05) is 6.07 Å². The number of nitrogens with one attached hydrogen (secondary N) is 2. The number of benzene rings is 1. The van der Waals surface area contributed by atoms with Crippen LogP contribution in [-0.4, -0.2) is 83.3 Å². The van der Waals surface area contributed by atoms with Crippen molar-refractivity contribution in [2.45, 2.75) is 57.2 Å². The first-order chi connectivity index (χ1) is 18.7. The Labute approximate surface area is 228 Å². The molecule has 3 aliphatic rings. The number of amides is 3. The number of aryl methyl sites for hydroxylation is 1. The maximum Gasteiger partial charge on any atom is 0.326 e. The van der Waals surface area contributed by atoms with Crippen molar-refractivity contribution < 1.29 is 23.8 Å². The van der Waals surface area contributed by atoms with Crippen LogP contribution in [0.4, 0.5) is 15.0 Å². The fourth-order valence-corrected chi connectivity index (χ4v) is 6.05. The van der Waals surface area contributed by atoms with Crippen molar-refractivity contribution in [3.63, 3.8) is 0 Å². The van der Waals surface area contributed by atoms with Crippen molar-refractivity contribution in [2.24, 2.45) is 0 Å². The summed E-state index contributed by atoms with van der Waals surface area (Å²) in [5, 5.41) is 9.81. The molecule has 0 aliphatic carbocycles. The highest BCUT2D eigenvalue weighted by molar-refractivity contribution is 5.94. The number of ether oxygens (including phenoxy) is 1. The fourth-order valence-electron chi connectivity index (χ4n) is 6.05. The molecule has 3 aliphatic heterocycles. The van der Waals surface area contributed by atoms with Gasteiger partial charge in [0.2, 0.25) is 0 Å². The second kappa shape index (κ2) is 11.1. The lowest BCUT2D eigenvalue weighted by Crippen LogP contribution is -2.56. The Morgan fingerprint density at radius 3 is 2.59 bits per heavy atom. The van der Waals surface area contributed by atoms with E-state index in [1.54, 1.807) is 20.8 Å². The molecule has 1 unspecified atom stereocenters. The molecule has 210 valence electrons. The van der Waals surface area contributed by atoms with Crippen LogP contribution in [0.2, 0.25) is 0 Å². The number of hydrazine groups is 1. The van der Waals surface area contributed by atoms with Gasteiger partial charge < -0.3 is 19.6 Å². The largest absolute Gasteiger partial charge is 0.497 e. The van der Waals surface area contributed by atoms with Crippen LogP contribution in [0.25, 0.3) is 0 Å². The number of halogens is 1. The van der Waals surface area contributed by atoms with Gasteiger partial charge in [0.15, 0.2) is 0 Å². The molecule has 1 spiro atoms. The Bertz CT molecular complexity index is 1230. The number of aliphatic hydroxyl groups is 1. The Kier molecular flexibility index (Phi) is 7.75. The minimum absolute atomic E-state index is 0.194. The molecule has 39 heavy (non-hydrogen) atoms. The van der Waals surface area contributed by atoms with Gasteiger partial charge in [-0.05, 0) is 55.5 Å². The third kappa shape index (κ3) is 5.30. The molecule has 1 aromatic heterocycles. The number of rotatable bonds is 7. The van der Waals surface area contributed by atoms with E-state index < -0.39 is 17.5 Å².